The van der Waals surface area contributed by atoms with E-state index in [1.165, 1.54) is 0 Å². The minimum atomic E-state index is -0.959. The van der Waals surface area contributed by atoms with Crippen molar-refractivity contribution in [2.24, 2.45) is 5.41 Å². The van der Waals surface area contributed by atoms with Gasteiger partial charge in [0.15, 0.2) is 0 Å². The largest absolute Gasteiger partial charge is 0.478 e. The zero-order valence-electron chi connectivity index (χ0n) is 11.9. The molecule has 0 unspecified atom stereocenters. The van der Waals surface area contributed by atoms with Gasteiger partial charge in [-0.2, -0.15) is 0 Å². The highest BCUT2D eigenvalue weighted by Crippen LogP contribution is 2.33. The number of hydrogen-bond donors (Lipinski definition) is 2. The number of aromatic carboxylic acids is 1. The molecule has 1 aliphatic heterocycles. The average Bonchev–Trinajstić information content (AvgIpc) is 2.32. The topological polar surface area (TPSA) is 66.6 Å². The molecule has 4 heteroatoms. The third kappa shape index (κ3) is 2.83. The summed E-state index contributed by atoms with van der Waals surface area (Å²) in [5, 5.41) is 9.20. The highest BCUT2D eigenvalue weighted by Gasteiger charge is 2.26. The van der Waals surface area contributed by atoms with E-state index in [0.29, 0.717) is 11.1 Å². The molecule has 0 radical (unpaired) electrons. The molecule has 0 amide bonds. The van der Waals surface area contributed by atoms with E-state index in [-0.39, 0.29) is 5.56 Å². The normalized spacial score (nSPS) is 18.4. The van der Waals surface area contributed by atoms with E-state index < -0.39 is 5.97 Å². The Labute approximate surface area is 114 Å². The number of anilines is 2. The molecule has 0 aromatic heterocycles. The maximum atomic E-state index is 11.2. The number of nitrogens with two attached hydrogens (primary N) is 1. The van der Waals surface area contributed by atoms with Crippen molar-refractivity contribution in [2.75, 3.05) is 23.7 Å². The highest BCUT2D eigenvalue weighted by molar-refractivity contribution is 5.95. The average molecular weight is 262 g/mol. The van der Waals surface area contributed by atoms with Crippen LogP contribution >= 0.6 is 0 Å². The Bertz CT molecular complexity index is 499. The molecule has 19 heavy (non-hydrogen) atoms. The summed E-state index contributed by atoms with van der Waals surface area (Å²) in [6.45, 7) is 8.35. The fourth-order valence-corrected chi connectivity index (χ4v) is 2.51. The third-order valence-electron chi connectivity index (χ3n) is 4.08. The Hall–Kier alpha value is -1.71. The van der Waals surface area contributed by atoms with Gasteiger partial charge in [-0.1, -0.05) is 13.8 Å². The van der Waals surface area contributed by atoms with Gasteiger partial charge in [0.1, 0.15) is 0 Å². The molecule has 0 bridgehead atoms. The molecule has 0 atom stereocenters. The van der Waals surface area contributed by atoms with Gasteiger partial charge >= 0.3 is 5.97 Å². The second-order valence-corrected chi connectivity index (χ2v) is 6.18. The Kier molecular flexibility index (Phi) is 3.43. The van der Waals surface area contributed by atoms with Gasteiger partial charge in [-0.05, 0) is 42.9 Å². The standard InChI is InChI=1S/C15H22N2O2/c1-10-8-11(9-12(13(10)16)14(18)19)17-6-4-15(2,3)5-7-17/h8-9H,4-7,16H2,1-3H3,(H,18,19). The second-order valence-electron chi connectivity index (χ2n) is 6.18. The minimum absolute atomic E-state index is 0.208. The molecule has 1 aliphatic rings. The summed E-state index contributed by atoms with van der Waals surface area (Å²) in [6.07, 6.45) is 2.25. The van der Waals surface area contributed by atoms with Crippen LogP contribution in [0.4, 0.5) is 11.4 Å². The van der Waals surface area contributed by atoms with E-state index in [9.17, 15) is 9.90 Å². The zero-order chi connectivity index (χ0) is 14.2. The number of nitrogen functional groups attached to an aromatic ring is 1. The number of rotatable bonds is 2. The molecule has 1 aromatic rings. The fourth-order valence-electron chi connectivity index (χ4n) is 2.51. The molecular weight excluding hydrogens is 240 g/mol. The first kappa shape index (κ1) is 13.7. The van der Waals surface area contributed by atoms with Crippen molar-refractivity contribution in [1.82, 2.24) is 0 Å². The minimum Gasteiger partial charge on any atom is -0.478 e. The fraction of sp³-hybridized carbons (Fsp3) is 0.533. The highest BCUT2D eigenvalue weighted by atomic mass is 16.4. The molecule has 1 aromatic carbocycles. The number of carboxylic acid groups (broad SMARTS) is 1. The quantitative estimate of drug-likeness (QED) is 0.804. The first-order valence-electron chi connectivity index (χ1n) is 6.68. The molecule has 2 rings (SSSR count). The Morgan fingerprint density at radius 1 is 1.32 bits per heavy atom. The molecule has 1 fully saturated rings. The summed E-state index contributed by atoms with van der Waals surface area (Å²) in [7, 11) is 0. The van der Waals surface area contributed by atoms with Crippen LogP contribution < -0.4 is 10.6 Å². The van der Waals surface area contributed by atoms with Crippen LogP contribution in [0.15, 0.2) is 12.1 Å². The number of carboxylic acids is 1. The van der Waals surface area contributed by atoms with Crippen LogP contribution in [0.5, 0.6) is 0 Å². The molecule has 0 aliphatic carbocycles. The number of nitrogens with zero attached hydrogens (tertiary/aromatic N) is 1. The van der Waals surface area contributed by atoms with Gasteiger partial charge in [-0.3, -0.25) is 0 Å². The number of piperidine rings is 1. The second kappa shape index (κ2) is 4.76. The molecule has 3 N–H and O–H groups in total. The molecule has 1 heterocycles. The molecule has 0 spiro atoms. The van der Waals surface area contributed by atoms with Gasteiger partial charge in [0, 0.05) is 24.5 Å². The first-order chi connectivity index (χ1) is 8.80. The molecular formula is C15H22N2O2. The van der Waals surface area contributed by atoms with Crippen LogP contribution in [-0.4, -0.2) is 24.2 Å². The van der Waals surface area contributed by atoms with E-state index in [1.807, 2.05) is 13.0 Å². The smallest absolute Gasteiger partial charge is 0.337 e. The van der Waals surface area contributed by atoms with Gasteiger partial charge < -0.3 is 15.7 Å². The van der Waals surface area contributed by atoms with E-state index in [1.54, 1.807) is 6.07 Å². The van der Waals surface area contributed by atoms with E-state index >= 15 is 0 Å². The van der Waals surface area contributed by atoms with Crippen molar-refractivity contribution < 1.29 is 9.90 Å². The van der Waals surface area contributed by atoms with Gasteiger partial charge in [0.25, 0.3) is 0 Å². The van der Waals surface area contributed by atoms with Crippen molar-refractivity contribution in [1.29, 1.82) is 0 Å². The molecule has 0 saturated carbocycles. The monoisotopic (exact) mass is 262 g/mol. The summed E-state index contributed by atoms with van der Waals surface area (Å²) >= 11 is 0. The molecule has 4 nitrogen and oxygen atoms in total. The van der Waals surface area contributed by atoms with Crippen molar-refractivity contribution in [3.05, 3.63) is 23.3 Å². The lowest BCUT2D eigenvalue weighted by atomic mass is 9.82. The number of aryl methyl sites for hydroxylation is 1. The maximum absolute atomic E-state index is 11.2. The van der Waals surface area contributed by atoms with Crippen molar-refractivity contribution >= 4 is 17.3 Å². The van der Waals surface area contributed by atoms with Gasteiger partial charge in [-0.25, -0.2) is 4.79 Å². The van der Waals surface area contributed by atoms with Crippen LogP contribution in [0.1, 0.15) is 42.6 Å². The number of hydrogen-bond acceptors (Lipinski definition) is 3. The summed E-state index contributed by atoms with van der Waals surface area (Å²) < 4.78 is 0. The lowest BCUT2D eigenvalue weighted by Crippen LogP contribution is -2.37. The maximum Gasteiger partial charge on any atom is 0.337 e. The Morgan fingerprint density at radius 3 is 2.42 bits per heavy atom. The SMILES string of the molecule is Cc1cc(N2CCC(C)(C)CC2)cc(C(=O)O)c1N. The van der Waals surface area contributed by atoms with Crippen molar-refractivity contribution in [3.63, 3.8) is 0 Å². The molecule has 1 saturated heterocycles. The molecule has 104 valence electrons. The van der Waals surface area contributed by atoms with Crippen molar-refractivity contribution in [2.45, 2.75) is 33.6 Å². The Balaban J connectivity index is 2.29. The lowest BCUT2D eigenvalue weighted by molar-refractivity contribution is 0.0698. The van der Waals surface area contributed by atoms with E-state index in [2.05, 4.69) is 18.7 Å². The number of benzene rings is 1. The van der Waals surface area contributed by atoms with Crippen LogP contribution in [0, 0.1) is 12.3 Å². The summed E-state index contributed by atoms with van der Waals surface area (Å²) in [5.74, 6) is -0.959. The predicted octanol–water partition coefficient (Wildman–Crippen LogP) is 2.90. The predicted molar refractivity (Wildman–Crippen MR) is 77.8 cm³/mol. The van der Waals surface area contributed by atoms with Crippen LogP contribution in [0.25, 0.3) is 0 Å². The van der Waals surface area contributed by atoms with Crippen molar-refractivity contribution in [3.8, 4) is 0 Å². The van der Waals surface area contributed by atoms with Gasteiger partial charge in [-0.15, -0.1) is 0 Å². The first-order valence-corrected chi connectivity index (χ1v) is 6.68. The van der Waals surface area contributed by atoms with E-state index in [0.717, 1.165) is 37.2 Å². The van der Waals surface area contributed by atoms with Gasteiger partial charge in [0.05, 0.1) is 5.56 Å². The van der Waals surface area contributed by atoms with Gasteiger partial charge in [0.2, 0.25) is 0 Å². The lowest BCUT2D eigenvalue weighted by Gasteiger charge is -2.38. The van der Waals surface area contributed by atoms with E-state index in [4.69, 9.17) is 5.73 Å². The van der Waals surface area contributed by atoms with Crippen LogP contribution in [0.2, 0.25) is 0 Å². The summed E-state index contributed by atoms with van der Waals surface area (Å²) in [4.78, 5) is 13.5. The third-order valence-corrected chi connectivity index (χ3v) is 4.08. The van der Waals surface area contributed by atoms with Crippen LogP contribution in [-0.2, 0) is 0 Å². The van der Waals surface area contributed by atoms with Crippen LogP contribution in [0.3, 0.4) is 0 Å². The number of carbonyl (C=O) groups is 1. The zero-order valence-corrected chi connectivity index (χ0v) is 11.9. The summed E-state index contributed by atoms with van der Waals surface area (Å²) in [5.41, 5.74) is 8.59. The Morgan fingerprint density at radius 2 is 1.89 bits per heavy atom. The summed E-state index contributed by atoms with van der Waals surface area (Å²) in [6, 6.07) is 3.68.